The van der Waals surface area contributed by atoms with E-state index in [0.717, 1.165) is 0 Å². The third kappa shape index (κ3) is 3.40. The molecule has 7 heteroatoms. The van der Waals surface area contributed by atoms with E-state index in [1.807, 2.05) is 0 Å². The fourth-order valence-corrected chi connectivity index (χ4v) is 2.49. The van der Waals surface area contributed by atoms with Gasteiger partial charge in [0.1, 0.15) is 0 Å². The van der Waals surface area contributed by atoms with Gasteiger partial charge in [-0.1, -0.05) is 0 Å². The van der Waals surface area contributed by atoms with Crippen LogP contribution in [-0.2, 0) is 14.3 Å². The number of hydrogen-bond acceptors (Lipinski definition) is 4. The van der Waals surface area contributed by atoms with Gasteiger partial charge in [0.15, 0.2) is 11.7 Å². The van der Waals surface area contributed by atoms with E-state index in [0.29, 0.717) is 6.42 Å². The number of alkyl halides is 2. The predicted molar refractivity (Wildman–Crippen MR) is 60.7 cm³/mol. The van der Waals surface area contributed by atoms with Crippen molar-refractivity contribution in [2.45, 2.75) is 50.2 Å². The van der Waals surface area contributed by atoms with E-state index < -0.39 is 29.5 Å². The minimum Gasteiger partial charge on any atom is -0.438 e. The van der Waals surface area contributed by atoms with Crippen LogP contribution in [-0.4, -0.2) is 36.1 Å². The Morgan fingerprint density at radius 3 is 2.58 bits per heavy atom. The van der Waals surface area contributed by atoms with Crippen LogP contribution in [0, 0.1) is 5.92 Å². The average molecular weight is 277 g/mol. The molecule has 1 saturated heterocycles. The number of epoxide rings is 1. The van der Waals surface area contributed by atoms with Crippen LogP contribution in [0.2, 0.25) is 0 Å². The summed E-state index contributed by atoms with van der Waals surface area (Å²) in [6.07, 6.45) is -2.25. The summed E-state index contributed by atoms with van der Waals surface area (Å²) in [6.45, 7) is 1.83. The summed E-state index contributed by atoms with van der Waals surface area (Å²) in [6, 6.07) is 0. The van der Waals surface area contributed by atoms with Crippen molar-refractivity contribution in [2.24, 2.45) is 11.7 Å². The zero-order chi connectivity index (χ0) is 14.3. The molecule has 1 aliphatic carbocycles. The maximum absolute atomic E-state index is 13.1. The molecule has 0 radical (unpaired) electrons. The fraction of sp³-hybridized carbons (Fsp3) is 0.833. The lowest BCUT2D eigenvalue weighted by atomic mass is 9.93. The van der Waals surface area contributed by atoms with E-state index in [9.17, 15) is 18.4 Å². The Balaban J connectivity index is 1.98. The summed E-state index contributed by atoms with van der Waals surface area (Å²) < 4.78 is 36.0. The van der Waals surface area contributed by atoms with Crippen LogP contribution in [0.15, 0.2) is 0 Å². The zero-order valence-electron chi connectivity index (χ0n) is 10.7. The topological polar surface area (TPSA) is 81.9 Å². The fourth-order valence-electron chi connectivity index (χ4n) is 2.49. The number of rotatable bonds is 5. The van der Waals surface area contributed by atoms with Crippen LogP contribution in [0.25, 0.3) is 0 Å². The molecule has 5 nitrogen and oxygen atoms in total. The van der Waals surface area contributed by atoms with Crippen molar-refractivity contribution in [1.29, 1.82) is 0 Å². The third-order valence-electron chi connectivity index (χ3n) is 3.70. The zero-order valence-corrected chi connectivity index (χ0v) is 10.7. The number of carbonyl (C=O) groups is 2. The Kier molecular flexibility index (Phi) is 3.51. The third-order valence-corrected chi connectivity index (χ3v) is 3.70. The lowest BCUT2D eigenvalue weighted by Crippen LogP contribution is -2.39. The highest BCUT2D eigenvalue weighted by molar-refractivity contribution is 5.94. The highest BCUT2D eigenvalue weighted by Crippen LogP contribution is 2.42. The molecule has 0 spiro atoms. The summed E-state index contributed by atoms with van der Waals surface area (Å²) in [5, 5.41) is 0. The van der Waals surface area contributed by atoms with Crippen molar-refractivity contribution in [3.63, 3.8) is 0 Å². The molecule has 3 atom stereocenters. The first-order valence-corrected chi connectivity index (χ1v) is 6.24. The lowest BCUT2D eigenvalue weighted by molar-refractivity contribution is -0.133. The summed E-state index contributed by atoms with van der Waals surface area (Å²) in [5.41, 5.74) is 3.96. The molecule has 1 aliphatic heterocycles. The second kappa shape index (κ2) is 4.70. The minimum atomic E-state index is -2.69. The Morgan fingerprint density at radius 1 is 1.53 bits per heavy atom. The Labute approximate surface area is 109 Å². The first-order chi connectivity index (χ1) is 8.72. The largest absolute Gasteiger partial charge is 0.438 e. The molecule has 0 aromatic carbocycles. The summed E-state index contributed by atoms with van der Waals surface area (Å²) in [4.78, 5) is 22.9. The Hall–Kier alpha value is -1.24. The van der Waals surface area contributed by atoms with Crippen LogP contribution in [0.1, 0.15) is 32.6 Å². The smallest absolute Gasteiger partial charge is 0.405 e. The van der Waals surface area contributed by atoms with Gasteiger partial charge in [-0.05, 0) is 25.7 Å². The second-order valence-electron chi connectivity index (χ2n) is 5.51. The van der Waals surface area contributed by atoms with Gasteiger partial charge in [0.25, 0.3) is 0 Å². The monoisotopic (exact) mass is 277 g/mol. The molecule has 0 bridgehead atoms. The number of carbonyl (C=O) groups excluding carboxylic acids is 2. The highest BCUT2D eigenvalue weighted by atomic mass is 19.3. The molecule has 2 N–H and O–H groups in total. The predicted octanol–water partition coefficient (Wildman–Crippen LogP) is 1.63. The van der Waals surface area contributed by atoms with E-state index in [4.69, 9.17) is 15.2 Å². The standard InChI is InChI=1S/C12H17F2NO4/c1-11(6-18-11)9(16)8(19-10(15)17)4-7-2-3-12(13,14)5-7/h7-8H,2-6H2,1H3,(H2,15,17)/t7-,8?,11+/m0/s1. The van der Waals surface area contributed by atoms with Crippen LogP contribution < -0.4 is 5.73 Å². The maximum Gasteiger partial charge on any atom is 0.405 e. The van der Waals surface area contributed by atoms with Gasteiger partial charge in [-0.3, -0.25) is 4.79 Å². The van der Waals surface area contributed by atoms with Crippen molar-refractivity contribution in [3.8, 4) is 0 Å². The van der Waals surface area contributed by atoms with E-state index in [2.05, 4.69) is 0 Å². The molecule has 0 aromatic heterocycles. The molecular weight excluding hydrogens is 260 g/mol. The average Bonchev–Trinajstić information content (AvgIpc) is 2.94. The molecule has 1 heterocycles. The lowest BCUT2D eigenvalue weighted by Gasteiger charge is -2.20. The molecule has 19 heavy (non-hydrogen) atoms. The first kappa shape index (κ1) is 14.2. The van der Waals surface area contributed by atoms with E-state index in [1.54, 1.807) is 6.92 Å². The van der Waals surface area contributed by atoms with Crippen molar-refractivity contribution >= 4 is 11.9 Å². The van der Waals surface area contributed by atoms with E-state index in [1.165, 1.54) is 0 Å². The highest BCUT2D eigenvalue weighted by Gasteiger charge is 2.52. The van der Waals surface area contributed by atoms with Gasteiger partial charge >= 0.3 is 6.09 Å². The molecule has 0 aromatic rings. The normalized spacial score (nSPS) is 33.7. The molecule has 1 amide bonds. The minimum absolute atomic E-state index is 0.0797. The number of Topliss-reactive ketones (excluding diaryl/α,β-unsaturated/α-hetero) is 1. The number of halogens is 2. The molecular formula is C12H17F2NO4. The van der Waals surface area contributed by atoms with Gasteiger partial charge in [-0.2, -0.15) is 0 Å². The van der Waals surface area contributed by atoms with Crippen LogP contribution in [0.3, 0.4) is 0 Å². The summed E-state index contributed by atoms with van der Waals surface area (Å²) in [7, 11) is 0. The SMILES string of the molecule is C[C@]1(C(=O)C(C[C@@H]2CCC(F)(F)C2)OC(N)=O)CO1. The Bertz CT molecular complexity index is 395. The van der Waals surface area contributed by atoms with Gasteiger partial charge in [0, 0.05) is 12.8 Å². The van der Waals surface area contributed by atoms with E-state index in [-0.39, 0.29) is 31.8 Å². The maximum atomic E-state index is 13.1. The van der Waals surface area contributed by atoms with E-state index >= 15 is 0 Å². The van der Waals surface area contributed by atoms with Gasteiger partial charge in [0.05, 0.1) is 6.61 Å². The molecule has 2 rings (SSSR count). The molecule has 2 fully saturated rings. The Morgan fingerprint density at radius 2 is 2.16 bits per heavy atom. The van der Waals surface area contributed by atoms with Crippen LogP contribution in [0.4, 0.5) is 13.6 Å². The van der Waals surface area contributed by atoms with Crippen LogP contribution in [0.5, 0.6) is 0 Å². The number of nitrogens with two attached hydrogens (primary N) is 1. The quantitative estimate of drug-likeness (QED) is 0.774. The molecule has 1 saturated carbocycles. The number of hydrogen-bond donors (Lipinski definition) is 1. The molecule has 108 valence electrons. The van der Waals surface area contributed by atoms with Gasteiger partial charge in [-0.15, -0.1) is 0 Å². The van der Waals surface area contributed by atoms with Crippen molar-refractivity contribution < 1.29 is 27.8 Å². The number of primary amides is 1. The number of amides is 1. The van der Waals surface area contributed by atoms with Crippen molar-refractivity contribution in [2.75, 3.05) is 6.61 Å². The molecule has 1 unspecified atom stereocenters. The number of ketones is 1. The van der Waals surface area contributed by atoms with Crippen LogP contribution >= 0.6 is 0 Å². The summed E-state index contributed by atoms with van der Waals surface area (Å²) >= 11 is 0. The molecule has 2 aliphatic rings. The van der Waals surface area contributed by atoms with Crippen molar-refractivity contribution in [3.05, 3.63) is 0 Å². The van der Waals surface area contributed by atoms with Gasteiger partial charge in [-0.25, -0.2) is 13.6 Å². The first-order valence-electron chi connectivity index (χ1n) is 6.24. The number of ether oxygens (including phenoxy) is 2. The second-order valence-corrected chi connectivity index (χ2v) is 5.51. The summed E-state index contributed by atoms with van der Waals surface area (Å²) in [5.74, 6) is -3.43. The van der Waals surface area contributed by atoms with Gasteiger partial charge in [0.2, 0.25) is 11.7 Å². The van der Waals surface area contributed by atoms with Gasteiger partial charge < -0.3 is 15.2 Å². The van der Waals surface area contributed by atoms with Crippen molar-refractivity contribution in [1.82, 2.24) is 0 Å².